The molecule has 1 heterocycles. The first kappa shape index (κ1) is 27.1. The number of rotatable bonds is 13. The summed E-state index contributed by atoms with van der Waals surface area (Å²) in [6.45, 7) is 1.13. The zero-order valence-electron chi connectivity index (χ0n) is 19.0. The van der Waals surface area contributed by atoms with E-state index in [0.717, 1.165) is 10.5 Å². The van der Waals surface area contributed by atoms with E-state index in [1.165, 1.54) is 14.0 Å². The van der Waals surface area contributed by atoms with Gasteiger partial charge in [-0.1, -0.05) is 30.3 Å². The van der Waals surface area contributed by atoms with Crippen molar-refractivity contribution in [3.63, 3.8) is 0 Å². The van der Waals surface area contributed by atoms with Crippen molar-refractivity contribution < 1.29 is 44.3 Å². The number of carbonyl (C=O) groups excluding carboxylic acids is 3. The third-order valence-corrected chi connectivity index (χ3v) is 5.22. The number of hydrogen-bond donors (Lipinski definition) is 4. The van der Waals surface area contributed by atoms with Gasteiger partial charge in [0.25, 0.3) is 0 Å². The summed E-state index contributed by atoms with van der Waals surface area (Å²) in [4.78, 5) is 55.7. The first-order valence-corrected chi connectivity index (χ1v) is 10.7. The number of carboxylic acids is 1. The largest absolute Gasteiger partial charge is 0.480 e. The minimum atomic E-state index is -1.32. The molecule has 4 N–H and O–H groups in total. The number of aliphatic carboxylic acids is 1. The van der Waals surface area contributed by atoms with E-state index in [1.807, 2.05) is 30.3 Å². The number of imide groups is 1. The molecule has 1 aliphatic rings. The van der Waals surface area contributed by atoms with Crippen LogP contribution in [0.4, 0.5) is 4.79 Å². The summed E-state index contributed by atoms with van der Waals surface area (Å²) in [5.74, 6) is -2.72. The summed E-state index contributed by atoms with van der Waals surface area (Å²) in [6, 6.07) is 5.33. The second kappa shape index (κ2) is 13.0. The molecule has 34 heavy (non-hydrogen) atoms. The smallest absolute Gasteiger partial charge is 0.328 e. The zero-order chi connectivity index (χ0) is 25.3. The minimum absolute atomic E-state index is 0.0744. The Morgan fingerprint density at radius 3 is 2.50 bits per heavy atom. The number of aryl methyl sites for hydroxylation is 1. The molecule has 3 atom stereocenters. The maximum atomic E-state index is 12.9. The van der Waals surface area contributed by atoms with E-state index >= 15 is 0 Å². The Morgan fingerprint density at radius 1 is 1.21 bits per heavy atom. The maximum absolute atomic E-state index is 12.9. The van der Waals surface area contributed by atoms with Crippen LogP contribution in [0.25, 0.3) is 0 Å². The maximum Gasteiger partial charge on any atom is 0.328 e. The van der Waals surface area contributed by atoms with Gasteiger partial charge in [0, 0.05) is 13.5 Å². The predicted molar refractivity (Wildman–Crippen MR) is 114 cm³/mol. The van der Waals surface area contributed by atoms with Crippen LogP contribution in [-0.2, 0) is 30.4 Å². The second-order valence-electron chi connectivity index (χ2n) is 7.80. The number of urea groups is 1. The van der Waals surface area contributed by atoms with E-state index in [0.29, 0.717) is 11.3 Å². The number of benzene rings is 1. The standard InChI is InChI=1S/C21H30N4O9/c1-14(18(26)24-17(19(27)28)13-23(2)21(24)30)22-16(10-9-15-7-4-3-5-8-15)20(29)33-11-6-12-34-25(31)32/h3-5,7-8,14,16-17,22,31-32H,6,9-13H2,1-2H3,(H,27,28). The van der Waals surface area contributed by atoms with Crippen LogP contribution in [0.1, 0.15) is 25.3 Å². The van der Waals surface area contributed by atoms with Crippen LogP contribution in [0.15, 0.2) is 30.3 Å². The number of nitrogens with one attached hydrogen (secondary N) is 1. The average Bonchev–Trinajstić information content (AvgIpc) is 3.10. The Bertz CT molecular complexity index is 852. The number of carbonyl (C=O) groups is 4. The SMILES string of the molecule is CC(NC(CCc1ccccc1)C(=O)OCCCON(O)O)C(=O)N1C(=O)N(C)CC1C(=O)O. The molecule has 3 amide bonds. The number of esters is 1. The molecule has 0 aliphatic carbocycles. The third-order valence-electron chi connectivity index (χ3n) is 5.22. The molecule has 13 heteroatoms. The van der Waals surface area contributed by atoms with Crippen LogP contribution >= 0.6 is 0 Å². The van der Waals surface area contributed by atoms with Gasteiger partial charge in [-0.3, -0.25) is 30.2 Å². The van der Waals surface area contributed by atoms with Gasteiger partial charge in [0.15, 0.2) is 6.04 Å². The van der Waals surface area contributed by atoms with E-state index < -0.39 is 47.4 Å². The number of nitrogens with zero attached hydrogens (tertiary/aromatic N) is 3. The fourth-order valence-electron chi connectivity index (χ4n) is 3.46. The second-order valence-corrected chi connectivity index (χ2v) is 7.80. The number of ether oxygens (including phenoxy) is 1. The molecule has 1 saturated heterocycles. The summed E-state index contributed by atoms with van der Waals surface area (Å²) < 4.78 is 5.22. The summed E-state index contributed by atoms with van der Waals surface area (Å²) >= 11 is 0. The minimum Gasteiger partial charge on any atom is -0.480 e. The van der Waals surface area contributed by atoms with Gasteiger partial charge in [-0.05, 0) is 25.3 Å². The van der Waals surface area contributed by atoms with Gasteiger partial charge < -0.3 is 14.7 Å². The van der Waals surface area contributed by atoms with Gasteiger partial charge in [0.1, 0.15) is 6.04 Å². The fourth-order valence-corrected chi connectivity index (χ4v) is 3.46. The molecule has 3 unspecified atom stereocenters. The molecule has 1 aromatic rings. The van der Waals surface area contributed by atoms with Gasteiger partial charge in [-0.25, -0.2) is 14.5 Å². The Hall–Kier alpha value is -3.10. The Morgan fingerprint density at radius 2 is 1.88 bits per heavy atom. The van der Waals surface area contributed by atoms with Gasteiger partial charge in [-0.15, -0.1) is 0 Å². The van der Waals surface area contributed by atoms with Crippen molar-refractivity contribution in [2.24, 2.45) is 0 Å². The molecule has 0 aromatic heterocycles. The van der Waals surface area contributed by atoms with Crippen LogP contribution < -0.4 is 5.32 Å². The molecule has 0 spiro atoms. The Balaban J connectivity index is 2.04. The van der Waals surface area contributed by atoms with Crippen molar-refractivity contribution in [1.29, 1.82) is 0 Å². The molecular weight excluding hydrogens is 452 g/mol. The Kier molecular flexibility index (Phi) is 10.3. The highest BCUT2D eigenvalue weighted by molar-refractivity contribution is 6.02. The van der Waals surface area contributed by atoms with E-state index in [2.05, 4.69) is 10.2 Å². The van der Waals surface area contributed by atoms with Crippen molar-refractivity contribution in [2.75, 3.05) is 26.8 Å². The van der Waals surface area contributed by atoms with Gasteiger partial charge in [-0.2, -0.15) is 0 Å². The van der Waals surface area contributed by atoms with Crippen molar-refractivity contribution in [1.82, 2.24) is 20.5 Å². The summed E-state index contributed by atoms with van der Waals surface area (Å²) in [7, 11) is 1.40. The van der Waals surface area contributed by atoms with Gasteiger partial charge in [0.2, 0.25) is 5.91 Å². The van der Waals surface area contributed by atoms with Gasteiger partial charge in [0.05, 0.1) is 31.2 Å². The van der Waals surface area contributed by atoms with E-state index in [-0.39, 0.29) is 32.6 Å². The molecule has 188 valence electrons. The molecule has 0 bridgehead atoms. The third kappa shape index (κ3) is 7.74. The van der Waals surface area contributed by atoms with Crippen LogP contribution in [0.2, 0.25) is 0 Å². The molecule has 2 rings (SSSR count). The van der Waals surface area contributed by atoms with Crippen LogP contribution in [0.5, 0.6) is 0 Å². The number of hydrogen-bond acceptors (Lipinski definition) is 10. The fraction of sp³-hybridized carbons (Fsp3) is 0.524. The average molecular weight is 482 g/mol. The number of amides is 3. The molecule has 1 aliphatic heterocycles. The monoisotopic (exact) mass is 482 g/mol. The molecule has 1 fully saturated rings. The first-order valence-electron chi connectivity index (χ1n) is 10.7. The summed E-state index contributed by atoms with van der Waals surface area (Å²) in [6.07, 6.45) is 0.942. The molecule has 0 saturated carbocycles. The highest BCUT2D eigenvalue weighted by atomic mass is 17.1. The highest BCUT2D eigenvalue weighted by Gasteiger charge is 2.45. The van der Waals surface area contributed by atoms with E-state index in [4.69, 9.17) is 15.2 Å². The van der Waals surface area contributed by atoms with Crippen molar-refractivity contribution in [3.05, 3.63) is 35.9 Å². The molecule has 0 radical (unpaired) electrons. The molecule has 13 nitrogen and oxygen atoms in total. The summed E-state index contributed by atoms with van der Waals surface area (Å²) in [5, 5.41) is 28.8. The summed E-state index contributed by atoms with van der Waals surface area (Å²) in [5.41, 5.74) is 0.961. The van der Waals surface area contributed by atoms with Crippen molar-refractivity contribution in [3.8, 4) is 0 Å². The normalized spacial score (nSPS) is 17.7. The quantitative estimate of drug-likeness (QED) is 0.173. The van der Waals surface area contributed by atoms with E-state index in [9.17, 15) is 24.3 Å². The highest BCUT2D eigenvalue weighted by Crippen LogP contribution is 2.17. The van der Waals surface area contributed by atoms with Crippen LogP contribution in [-0.4, -0.2) is 99.5 Å². The lowest BCUT2D eigenvalue weighted by atomic mass is 10.0. The van der Waals surface area contributed by atoms with Crippen molar-refractivity contribution in [2.45, 2.75) is 44.3 Å². The zero-order valence-corrected chi connectivity index (χ0v) is 19.0. The predicted octanol–water partition coefficient (Wildman–Crippen LogP) is 0.258. The number of likely N-dealkylation sites (N-methyl/N-ethyl adjacent to an activating group) is 1. The topological polar surface area (TPSA) is 169 Å². The first-order chi connectivity index (χ1) is 16.1. The molecular formula is C21H30N4O9. The lowest BCUT2D eigenvalue weighted by Crippen LogP contribution is -2.54. The van der Waals surface area contributed by atoms with Gasteiger partial charge >= 0.3 is 18.0 Å². The lowest BCUT2D eigenvalue weighted by Gasteiger charge is -2.26. The van der Waals surface area contributed by atoms with Crippen molar-refractivity contribution >= 4 is 23.9 Å². The van der Waals surface area contributed by atoms with E-state index in [1.54, 1.807) is 0 Å². The van der Waals surface area contributed by atoms with Crippen LogP contribution in [0.3, 0.4) is 0 Å². The Labute approximate surface area is 196 Å². The van der Waals surface area contributed by atoms with Crippen LogP contribution in [0, 0.1) is 0 Å². The number of carboxylic acid groups (broad SMARTS) is 1. The molecule has 1 aromatic carbocycles. The lowest BCUT2D eigenvalue weighted by molar-refractivity contribution is -0.492.